The van der Waals surface area contributed by atoms with Crippen LogP contribution in [-0.2, 0) is 0 Å². The summed E-state index contributed by atoms with van der Waals surface area (Å²) in [4.78, 5) is 20.3. The van der Waals surface area contributed by atoms with Crippen molar-refractivity contribution in [1.29, 1.82) is 0 Å². The molecular formula is C14H22N4OS2. The third-order valence-electron chi connectivity index (χ3n) is 3.05. The predicted molar refractivity (Wildman–Crippen MR) is 90.5 cm³/mol. The Balaban J connectivity index is 1.74. The maximum Gasteiger partial charge on any atom is 0.274 e. The second kappa shape index (κ2) is 8.48. The molecule has 0 aromatic carbocycles. The van der Waals surface area contributed by atoms with E-state index in [0.29, 0.717) is 11.5 Å². The summed E-state index contributed by atoms with van der Waals surface area (Å²) in [7, 11) is 0. The monoisotopic (exact) mass is 326 g/mol. The van der Waals surface area contributed by atoms with Gasteiger partial charge in [-0.25, -0.2) is 4.98 Å². The van der Waals surface area contributed by atoms with Gasteiger partial charge < -0.3 is 0 Å². The van der Waals surface area contributed by atoms with Gasteiger partial charge in [-0.05, 0) is 19.1 Å². The zero-order valence-electron chi connectivity index (χ0n) is 12.6. The molecule has 0 saturated heterocycles. The van der Waals surface area contributed by atoms with E-state index in [2.05, 4.69) is 22.0 Å². The van der Waals surface area contributed by atoms with E-state index >= 15 is 0 Å². The van der Waals surface area contributed by atoms with Gasteiger partial charge in [0.1, 0.15) is 0 Å². The number of H-pyrrole nitrogens is 1. The molecule has 0 aliphatic carbocycles. The molecule has 2 heterocycles. The molecule has 0 spiro atoms. The zero-order chi connectivity index (χ0) is 15.1. The van der Waals surface area contributed by atoms with E-state index in [1.54, 1.807) is 18.7 Å². The fourth-order valence-electron chi connectivity index (χ4n) is 1.97. The number of fused-ring (bicyclic) bond motifs is 1. The van der Waals surface area contributed by atoms with Gasteiger partial charge in [0, 0.05) is 23.3 Å². The number of hydrogen-bond acceptors (Lipinski definition) is 5. The lowest BCUT2D eigenvalue weighted by Gasteiger charge is -2.00. The van der Waals surface area contributed by atoms with Gasteiger partial charge in [-0.15, -0.1) is 0 Å². The molecular weight excluding hydrogens is 304 g/mol. The second-order valence-corrected chi connectivity index (χ2v) is 7.23. The first kappa shape index (κ1) is 16.4. The zero-order valence-corrected chi connectivity index (χ0v) is 14.2. The van der Waals surface area contributed by atoms with Crippen molar-refractivity contribution in [3.8, 4) is 0 Å². The quantitative estimate of drug-likeness (QED) is 0.566. The molecule has 5 nitrogen and oxygen atoms in total. The Morgan fingerprint density at radius 1 is 1.19 bits per heavy atom. The second-order valence-electron chi connectivity index (χ2n) is 4.92. The van der Waals surface area contributed by atoms with Crippen LogP contribution in [0.5, 0.6) is 0 Å². The molecule has 0 saturated carbocycles. The van der Waals surface area contributed by atoms with Crippen molar-refractivity contribution >= 4 is 29.3 Å². The summed E-state index contributed by atoms with van der Waals surface area (Å²) in [6.07, 6.45) is 5.29. The normalized spacial score (nSPS) is 11.3. The molecule has 0 bridgehead atoms. The molecule has 21 heavy (non-hydrogen) atoms. The van der Waals surface area contributed by atoms with Gasteiger partial charge in [-0.3, -0.25) is 9.89 Å². The highest BCUT2D eigenvalue weighted by Gasteiger charge is 2.06. The smallest absolute Gasteiger partial charge is 0.267 e. The molecule has 0 unspecified atom stereocenters. The predicted octanol–water partition coefficient (Wildman–Crippen LogP) is 3.13. The number of aromatic nitrogens is 4. The minimum Gasteiger partial charge on any atom is -0.267 e. The van der Waals surface area contributed by atoms with Crippen molar-refractivity contribution in [1.82, 2.24) is 19.6 Å². The molecule has 116 valence electrons. The summed E-state index contributed by atoms with van der Waals surface area (Å²) >= 11 is 3.63. The number of unbranched alkanes of at least 4 members (excludes halogenated alkanes) is 3. The maximum absolute atomic E-state index is 11.8. The van der Waals surface area contributed by atoms with Crippen molar-refractivity contribution < 1.29 is 0 Å². The maximum atomic E-state index is 11.8. The number of aryl methyl sites for hydroxylation is 1. The Bertz CT molecular complexity index is 623. The molecule has 1 N–H and O–H groups in total. The summed E-state index contributed by atoms with van der Waals surface area (Å²) in [5, 5.41) is 3.76. The highest BCUT2D eigenvalue weighted by molar-refractivity contribution is 8.02. The van der Waals surface area contributed by atoms with Crippen LogP contribution in [0.2, 0.25) is 0 Å². The van der Waals surface area contributed by atoms with Crippen LogP contribution in [0.3, 0.4) is 0 Å². The fraction of sp³-hybridized carbons (Fsp3) is 0.643. The minimum atomic E-state index is -0.109. The summed E-state index contributed by atoms with van der Waals surface area (Å²) < 4.78 is 1.40. The average molecular weight is 326 g/mol. The van der Waals surface area contributed by atoms with Gasteiger partial charge in [0.25, 0.3) is 11.3 Å². The number of aromatic amines is 1. The van der Waals surface area contributed by atoms with Crippen molar-refractivity contribution in [3.05, 3.63) is 22.1 Å². The van der Waals surface area contributed by atoms with Crippen molar-refractivity contribution in [2.75, 3.05) is 17.3 Å². The Labute approximate surface area is 133 Å². The van der Waals surface area contributed by atoms with E-state index in [0.717, 1.165) is 16.7 Å². The molecule has 7 heteroatoms. The van der Waals surface area contributed by atoms with Gasteiger partial charge >= 0.3 is 0 Å². The Morgan fingerprint density at radius 2 is 2.05 bits per heavy atom. The standard InChI is InChI=1S/C14H22N4OS2/c1-3-4-5-6-7-20-8-9-21-14-16-13-15-11(2)10-12(19)18(13)17-14/h10H,3-9H2,1-2H3,(H,15,16,17). The number of thioether (sulfide) groups is 2. The van der Waals surface area contributed by atoms with E-state index < -0.39 is 0 Å². The third-order valence-corrected chi connectivity index (χ3v) is 5.24. The van der Waals surface area contributed by atoms with Gasteiger partial charge in [0.2, 0.25) is 0 Å². The highest BCUT2D eigenvalue weighted by Crippen LogP contribution is 2.16. The van der Waals surface area contributed by atoms with Crippen LogP contribution in [0.4, 0.5) is 0 Å². The van der Waals surface area contributed by atoms with Crippen LogP contribution in [0.1, 0.15) is 38.3 Å². The van der Waals surface area contributed by atoms with Crippen LogP contribution in [0.25, 0.3) is 5.78 Å². The summed E-state index contributed by atoms with van der Waals surface area (Å²) in [5.74, 6) is 3.79. The van der Waals surface area contributed by atoms with Crippen molar-refractivity contribution in [2.45, 2.75) is 44.7 Å². The fourth-order valence-corrected chi connectivity index (χ4v) is 3.88. The van der Waals surface area contributed by atoms with E-state index in [-0.39, 0.29) is 5.56 Å². The minimum absolute atomic E-state index is 0.109. The van der Waals surface area contributed by atoms with Crippen LogP contribution in [0, 0.1) is 6.92 Å². The molecule has 0 atom stereocenters. The largest absolute Gasteiger partial charge is 0.274 e. The van der Waals surface area contributed by atoms with Gasteiger partial charge in [0.15, 0.2) is 5.16 Å². The van der Waals surface area contributed by atoms with E-state index in [9.17, 15) is 4.79 Å². The number of nitrogens with one attached hydrogen (secondary N) is 1. The van der Waals surface area contributed by atoms with E-state index in [1.165, 1.54) is 42.0 Å². The Morgan fingerprint density at radius 3 is 2.86 bits per heavy atom. The summed E-state index contributed by atoms with van der Waals surface area (Å²) in [6.45, 7) is 4.04. The first-order chi connectivity index (χ1) is 10.2. The number of nitrogens with zero attached hydrogens (tertiary/aromatic N) is 3. The van der Waals surface area contributed by atoms with E-state index in [1.807, 2.05) is 11.8 Å². The lowest BCUT2D eigenvalue weighted by atomic mass is 10.2. The third kappa shape index (κ3) is 5.07. The Kier molecular flexibility index (Phi) is 6.63. The first-order valence-electron chi connectivity index (χ1n) is 7.37. The summed E-state index contributed by atoms with van der Waals surface area (Å²) in [6, 6.07) is 1.51. The molecule has 0 radical (unpaired) electrons. The van der Waals surface area contributed by atoms with Crippen molar-refractivity contribution in [2.24, 2.45) is 0 Å². The molecule has 2 aromatic rings. The number of rotatable bonds is 9. The molecule has 2 rings (SSSR count). The lowest BCUT2D eigenvalue weighted by Crippen LogP contribution is -2.14. The van der Waals surface area contributed by atoms with Crippen LogP contribution in [-0.4, -0.2) is 36.8 Å². The molecule has 0 amide bonds. The average Bonchev–Trinajstić information content (AvgIpc) is 2.85. The van der Waals surface area contributed by atoms with Gasteiger partial charge in [-0.1, -0.05) is 37.9 Å². The number of hydrogen-bond donors (Lipinski definition) is 1. The molecule has 0 fully saturated rings. The molecule has 0 aliphatic rings. The lowest BCUT2D eigenvalue weighted by molar-refractivity contribution is 0.706. The SMILES string of the molecule is CCCCCCSCCSc1nc2nc(C)cc(=O)n2[nH]1. The molecule has 2 aromatic heterocycles. The van der Waals surface area contributed by atoms with Crippen LogP contribution < -0.4 is 5.56 Å². The van der Waals surface area contributed by atoms with Crippen molar-refractivity contribution in [3.63, 3.8) is 0 Å². The topological polar surface area (TPSA) is 63.1 Å². The van der Waals surface area contributed by atoms with Gasteiger partial charge in [-0.2, -0.15) is 21.3 Å². The first-order valence-corrected chi connectivity index (χ1v) is 9.51. The van der Waals surface area contributed by atoms with Gasteiger partial charge in [0.05, 0.1) is 0 Å². The van der Waals surface area contributed by atoms with E-state index in [4.69, 9.17) is 0 Å². The van der Waals surface area contributed by atoms with Crippen LogP contribution >= 0.6 is 23.5 Å². The van der Waals surface area contributed by atoms with Crippen LogP contribution in [0.15, 0.2) is 16.0 Å². The summed E-state index contributed by atoms with van der Waals surface area (Å²) in [5.41, 5.74) is 0.591. The molecule has 0 aliphatic heterocycles. The highest BCUT2D eigenvalue weighted by atomic mass is 32.2. The Hall–Kier alpha value is -0.950.